The summed E-state index contributed by atoms with van der Waals surface area (Å²) in [5.74, 6) is 2.43. The van der Waals surface area contributed by atoms with Crippen LogP contribution in [-0.4, -0.2) is 46.3 Å². The lowest BCUT2D eigenvalue weighted by Gasteiger charge is -2.44. The third-order valence-electron chi connectivity index (χ3n) is 3.87. The van der Waals surface area contributed by atoms with Gasteiger partial charge >= 0.3 is 0 Å². The summed E-state index contributed by atoms with van der Waals surface area (Å²) in [6.45, 7) is 5.80. The summed E-state index contributed by atoms with van der Waals surface area (Å²) >= 11 is 1.93. The van der Waals surface area contributed by atoms with E-state index >= 15 is 0 Å². The Kier molecular flexibility index (Phi) is 4.20. The van der Waals surface area contributed by atoms with Crippen molar-refractivity contribution >= 4 is 23.6 Å². The van der Waals surface area contributed by atoms with Gasteiger partial charge in [-0.2, -0.15) is 11.8 Å². The van der Waals surface area contributed by atoms with Crippen LogP contribution in [0.5, 0.6) is 0 Å². The maximum atomic E-state index is 12.5. The molecule has 2 atom stereocenters. The number of nitrogens with one attached hydrogen (secondary N) is 1. The molecular formula is C13H22N2O2S. The van der Waals surface area contributed by atoms with Gasteiger partial charge in [-0.05, 0) is 37.2 Å². The summed E-state index contributed by atoms with van der Waals surface area (Å²) in [5, 5.41) is 2.85. The molecule has 2 aliphatic heterocycles. The van der Waals surface area contributed by atoms with Gasteiger partial charge in [0.25, 0.3) is 0 Å². The van der Waals surface area contributed by atoms with Crippen LogP contribution in [0.25, 0.3) is 0 Å². The van der Waals surface area contributed by atoms with Gasteiger partial charge in [0.05, 0.1) is 0 Å². The highest BCUT2D eigenvalue weighted by atomic mass is 32.2. The molecule has 0 aliphatic carbocycles. The number of rotatable bonds is 2. The molecule has 18 heavy (non-hydrogen) atoms. The number of nitrogens with zero attached hydrogens (tertiary/aromatic N) is 1. The molecule has 2 rings (SSSR count). The van der Waals surface area contributed by atoms with Crippen LogP contribution in [-0.2, 0) is 9.59 Å². The van der Waals surface area contributed by atoms with Crippen molar-refractivity contribution in [2.75, 3.05) is 11.5 Å². The fraction of sp³-hybridized carbons (Fsp3) is 0.846. The van der Waals surface area contributed by atoms with E-state index in [0.29, 0.717) is 0 Å². The predicted octanol–water partition coefficient (Wildman–Crippen LogP) is 1.25. The average molecular weight is 270 g/mol. The summed E-state index contributed by atoms with van der Waals surface area (Å²) in [6, 6.07) is -0.412. The van der Waals surface area contributed by atoms with Crippen molar-refractivity contribution in [2.24, 2.45) is 5.92 Å². The largest absolute Gasteiger partial charge is 0.342 e. The molecule has 0 aromatic rings. The van der Waals surface area contributed by atoms with E-state index in [2.05, 4.69) is 5.32 Å². The highest BCUT2D eigenvalue weighted by Gasteiger charge is 2.42. The summed E-state index contributed by atoms with van der Waals surface area (Å²) < 4.78 is 0. The molecule has 1 N–H and O–H groups in total. The molecule has 2 amide bonds. The van der Waals surface area contributed by atoms with Gasteiger partial charge in [-0.1, -0.05) is 13.8 Å². The van der Waals surface area contributed by atoms with E-state index in [9.17, 15) is 9.59 Å². The van der Waals surface area contributed by atoms with Gasteiger partial charge in [0.15, 0.2) is 0 Å². The van der Waals surface area contributed by atoms with E-state index in [1.165, 1.54) is 0 Å². The van der Waals surface area contributed by atoms with Gasteiger partial charge in [0.2, 0.25) is 11.8 Å². The van der Waals surface area contributed by atoms with Gasteiger partial charge in [0, 0.05) is 6.04 Å². The van der Waals surface area contributed by atoms with Crippen LogP contribution in [0.15, 0.2) is 0 Å². The van der Waals surface area contributed by atoms with Crippen molar-refractivity contribution < 1.29 is 9.59 Å². The fourth-order valence-corrected chi connectivity index (χ4v) is 3.81. The first kappa shape index (κ1) is 13.7. The maximum absolute atomic E-state index is 12.5. The number of carbonyl (C=O) groups is 2. The van der Waals surface area contributed by atoms with Crippen molar-refractivity contribution in [1.82, 2.24) is 10.2 Å². The molecule has 2 fully saturated rings. The zero-order valence-corrected chi connectivity index (χ0v) is 12.1. The maximum Gasteiger partial charge on any atom is 0.246 e. The van der Waals surface area contributed by atoms with Crippen LogP contribution in [0.2, 0.25) is 0 Å². The molecule has 2 aliphatic rings. The molecule has 0 bridgehead atoms. The zero-order valence-electron chi connectivity index (χ0n) is 11.3. The third-order valence-corrected chi connectivity index (χ3v) is 4.91. The van der Waals surface area contributed by atoms with Gasteiger partial charge in [0.1, 0.15) is 12.1 Å². The minimum atomic E-state index is -0.344. The lowest BCUT2D eigenvalue weighted by Crippen LogP contribution is -2.66. The van der Waals surface area contributed by atoms with Crippen molar-refractivity contribution in [3.63, 3.8) is 0 Å². The summed E-state index contributed by atoms with van der Waals surface area (Å²) in [5.41, 5.74) is 0. The Morgan fingerprint density at radius 3 is 2.44 bits per heavy atom. The highest BCUT2D eigenvalue weighted by molar-refractivity contribution is 7.99. The Bertz CT molecular complexity index is 340. The topological polar surface area (TPSA) is 49.4 Å². The van der Waals surface area contributed by atoms with Crippen molar-refractivity contribution in [2.45, 2.75) is 51.7 Å². The van der Waals surface area contributed by atoms with E-state index in [1.54, 1.807) is 0 Å². The highest BCUT2D eigenvalue weighted by Crippen LogP contribution is 2.26. The monoisotopic (exact) mass is 270 g/mol. The SMILES string of the molecule is CC(C)C1NC(=O)C(C)N(C2CCSCC2)C1=O. The van der Waals surface area contributed by atoms with Crippen LogP contribution in [0, 0.1) is 5.92 Å². The van der Waals surface area contributed by atoms with Gasteiger partial charge in [-0.25, -0.2) is 0 Å². The standard InChI is InChI=1S/C13H22N2O2S/c1-8(2)11-13(17)15(9(3)12(16)14-11)10-4-6-18-7-5-10/h8-11H,4-7H2,1-3H3,(H,14,16). The van der Waals surface area contributed by atoms with Crippen molar-refractivity contribution in [3.8, 4) is 0 Å². The Hall–Kier alpha value is -0.710. The molecule has 2 unspecified atom stereocenters. The third kappa shape index (κ3) is 2.51. The lowest BCUT2D eigenvalue weighted by molar-refractivity contribution is -0.152. The first-order valence-electron chi connectivity index (χ1n) is 6.72. The summed E-state index contributed by atoms with van der Waals surface area (Å²) in [4.78, 5) is 26.4. The second-order valence-corrected chi connectivity index (χ2v) is 6.72. The van der Waals surface area contributed by atoms with E-state index in [4.69, 9.17) is 0 Å². The predicted molar refractivity (Wildman–Crippen MR) is 73.4 cm³/mol. The molecule has 0 aromatic carbocycles. The number of piperazine rings is 1. The Labute approximate surface area is 113 Å². The second-order valence-electron chi connectivity index (χ2n) is 5.50. The second kappa shape index (κ2) is 5.51. The summed E-state index contributed by atoms with van der Waals surface area (Å²) in [6.07, 6.45) is 2.03. The molecule has 0 spiro atoms. The van der Waals surface area contributed by atoms with Gasteiger partial charge in [-0.15, -0.1) is 0 Å². The fourth-order valence-electron chi connectivity index (χ4n) is 2.72. The number of thioether (sulfide) groups is 1. The minimum absolute atomic E-state index is 0.00785. The van der Waals surface area contributed by atoms with Crippen LogP contribution in [0.3, 0.4) is 0 Å². The van der Waals surface area contributed by atoms with Crippen LogP contribution in [0.1, 0.15) is 33.6 Å². The Morgan fingerprint density at radius 1 is 1.28 bits per heavy atom. The lowest BCUT2D eigenvalue weighted by atomic mass is 9.95. The van der Waals surface area contributed by atoms with Crippen LogP contribution in [0.4, 0.5) is 0 Å². The quantitative estimate of drug-likeness (QED) is 0.821. The van der Waals surface area contributed by atoms with E-state index in [1.807, 2.05) is 37.4 Å². The number of amides is 2. The number of carbonyl (C=O) groups excluding carboxylic acids is 2. The Morgan fingerprint density at radius 2 is 1.89 bits per heavy atom. The van der Waals surface area contributed by atoms with Gasteiger partial charge in [-0.3, -0.25) is 9.59 Å². The summed E-state index contributed by atoms with van der Waals surface area (Å²) in [7, 11) is 0. The molecular weight excluding hydrogens is 248 g/mol. The molecule has 0 saturated carbocycles. The van der Waals surface area contributed by atoms with E-state index in [-0.39, 0.29) is 35.9 Å². The first-order chi connectivity index (χ1) is 8.52. The molecule has 102 valence electrons. The van der Waals surface area contributed by atoms with Crippen LogP contribution < -0.4 is 5.32 Å². The van der Waals surface area contributed by atoms with Crippen LogP contribution >= 0.6 is 11.8 Å². The molecule has 0 aromatic heterocycles. The van der Waals surface area contributed by atoms with Crippen molar-refractivity contribution in [1.29, 1.82) is 0 Å². The first-order valence-corrected chi connectivity index (χ1v) is 7.88. The smallest absolute Gasteiger partial charge is 0.246 e. The zero-order chi connectivity index (χ0) is 13.3. The molecule has 2 saturated heterocycles. The van der Waals surface area contributed by atoms with E-state index in [0.717, 1.165) is 24.3 Å². The van der Waals surface area contributed by atoms with Crippen molar-refractivity contribution in [3.05, 3.63) is 0 Å². The average Bonchev–Trinajstić information content (AvgIpc) is 2.35. The molecule has 2 heterocycles. The normalized spacial score (nSPS) is 30.8. The van der Waals surface area contributed by atoms with Gasteiger partial charge < -0.3 is 10.2 Å². The molecule has 5 heteroatoms. The number of hydrogen-bond donors (Lipinski definition) is 1. The van der Waals surface area contributed by atoms with E-state index < -0.39 is 0 Å². The molecule has 4 nitrogen and oxygen atoms in total. The molecule has 0 radical (unpaired) electrons. The number of hydrogen-bond acceptors (Lipinski definition) is 3. The minimum Gasteiger partial charge on any atom is -0.342 e. The Balaban J connectivity index is 2.18.